The molecule has 4 aromatic carbocycles. The second kappa shape index (κ2) is 13.6. The van der Waals surface area contributed by atoms with Crippen LogP contribution >= 0.6 is 16.1 Å². The molecule has 44 heavy (non-hydrogen) atoms. The van der Waals surface area contributed by atoms with Crippen LogP contribution in [-0.4, -0.2) is 11.0 Å². The molecule has 0 spiro atoms. The first kappa shape index (κ1) is 32.5. The van der Waals surface area contributed by atoms with E-state index in [-0.39, 0.29) is 23.9 Å². The Balaban J connectivity index is 1.85. The molecule has 0 aliphatic carbocycles. The highest BCUT2D eigenvalue weighted by Gasteiger charge is 2.47. The largest absolute Gasteiger partial charge is 0.251 e. The highest BCUT2D eigenvalue weighted by atomic mass is 31.2. The van der Waals surface area contributed by atoms with E-state index in [4.69, 9.17) is 0 Å². The lowest BCUT2D eigenvalue weighted by Gasteiger charge is -2.42. The van der Waals surface area contributed by atoms with Crippen molar-refractivity contribution in [1.82, 2.24) is 4.44 Å². The van der Waals surface area contributed by atoms with E-state index in [0.29, 0.717) is 25.7 Å². The van der Waals surface area contributed by atoms with Crippen molar-refractivity contribution in [1.29, 1.82) is 0 Å². The maximum atomic E-state index is 15.7. The van der Waals surface area contributed by atoms with Crippen molar-refractivity contribution in [2.45, 2.75) is 43.9 Å². The zero-order valence-corrected chi connectivity index (χ0v) is 25.1. The maximum Gasteiger partial charge on any atom is 0.200 e. The minimum atomic E-state index is -3.18. The standard InChI is InChI=1S/C32H26F9NP2/c1-2-3-16-42(43-21(18-10-6-4-7-11-18)14-15-22(43)19-12-8-5-9-13-19)44(23-17-20(33)24(34)26(36)25(23)35)32-30(40)28(38)27(37)29(39)31(32)41/h4-13,17,21-22H,2-3,14-16H2,1H3/t21-,22-,44?/m0/s1. The summed E-state index contributed by atoms with van der Waals surface area (Å²) in [4.78, 5) is 0. The molecule has 0 radical (unpaired) electrons. The van der Waals surface area contributed by atoms with Crippen LogP contribution in [0.5, 0.6) is 0 Å². The summed E-state index contributed by atoms with van der Waals surface area (Å²) in [6.07, 6.45) is 1.98. The van der Waals surface area contributed by atoms with Gasteiger partial charge in [0.1, 0.15) is 0 Å². The third kappa shape index (κ3) is 5.89. The number of hydrogen-bond donors (Lipinski definition) is 0. The van der Waals surface area contributed by atoms with Crippen LogP contribution in [0.1, 0.15) is 55.1 Å². The minimum Gasteiger partial charge on any atom is -0.251 e. The summed E-state index contributed by atoms with van der Waals surface area (Å²) in [6.45, 7) is 1.78. The van der Waals surface area contributed by atoms with Crippen molar-refractivity contribution in [3.8, 4) is 0 Å². The van der Waals surface area contributed by atoms with Gasteiger partial charge in [0, 0.05) is 31.2 Å². The summed E-state index contributed by atoms with van der Waals surface area (Å²) >= 11 is 0. The van der Waals surface area contributed by atoms with Crippen molar-refractivity contribution >= 4 is 26.8 Å². The predicted molar refractivity (Wildman–Crippen MR) is 155 cm³/mol. The molecular weight excluding hydrogens is 631 g/mol. The van der Waals surface area contributed by atoms with E-state index < -0.39 is 79.1 Å². The van der Waals surface area contributed by atoms with Crippen LogP contribution in [0.25, 0.3) is 0 Å². The summed E-state index contributed by atoms with van der Waals surface area (Å²) in [5.74, 6) is -19.7. The number of nitrogens with zero attached hydrogens (tertiary/aromatic N) is 1. The van der Waals surface area contributed by atoms with Gasteiger partial charge in [-0.05, 0) is 44.5 Å². The van der Waals surface area contributed by atoms with Gasteiger partial charge in [-0.25, -0.2) is 39.5 Å². The molecule has 1 heterocycles. The molecule has 3 atom stereocenters. The van der Waals surface area contributed by atoms with Crippen molar-refractivity contribution < 1.29 is 39.5 Å². The molecule has 0 saturated carbocycles. The van der Waals surface area contributed by atoms with Crippen LogP contribution in [0.2, 0.25) is 0 Å². The summed E-state index contributed by atoms with van der Waals surface area (Å²) in [7, 11) is -4.87. The summed E-state index contributed by atoms with van der Waals surface area (Å²) < 4.78 is 136. The Labute approximate surface area is 251 Å². The molecule has 1 fully saturated rings. The molecule has 0 N–H and O–H groups in total. The Hall–Kier alpha value is -2.93. The van der Waals surface area contributed by atoms with Gasteiger partial charge in [0.05, 0.1) is 5.30 Å². The second-order valence-electron chi connectivity index (χ2n) is 10.3. The van der Waals surface area contributed by atoms with Crippen LogP contribution in [0.3, 0.4) is 0 Å². The van der Waals surface area contributed by atoms with E-state index in [0.717, 1.165) is 11.1 Å². The predicted octanol–water partition coefficient (Wildman–Crippen LogP) is 10.1. The summed E-state index contributed by atoms with van der Waals surface area (Å²) in [5, 5.41) is -2.41. The third-order valence-electron chi connectivity index (χ3n) is 7.64. The first-order valence-electron chi connectivity index (χ1n) is 13.9. The molecule has 1 unspecified atom stereocenters. The molecule has 0 bridgehead atoms. The molecule has 1 aliphatic heterocycles. The van der Waals surface area contributed by atoms with Crippen LogP contribution in [-0.2, 0) is 0 Å². The van der Waals surface area contributed by atoms with Crippen LogP contribution in [0.4, 0.5) is 39.5 Å². The van der Waals surface area contributed by atoms with Crippen molar-refractivity contribution in [2.24, 2.45) is 0 Å². The minimum absolute atomic E-state index is 0.0277. The Morgan fingerprint density at radius 3 is 1.57 bits per heavy atom. The van der Waals surface area contributed by atoms with E-state index in [1.165, 1.54) is 4.44 Å². The Bertz CT molecular complexity index is 1560. The van der Waals surface area contributed by atoms with Gasteiger partial charge >= 0.3 is 0 Å². The molecule has 0 amide bonds. The van der Waals surface area contributed by atoms with Gasteiger partial charge in [-0.15, -0.1) is 0 Å². The quantitative estimate of drug-likeness (QED) is 0.0750. The SMILES string of the molecule is CCCCN(P(c1cc(F)c(F)c(F)c1F)c1c(F)c(F)c(F)c(F)c1F)P1[C@H](c2ccccc2)CC[C@H]1c1ccccc1. The Kier molecular flexibility index (Phi) is 10.0. The second-order valence-corrected chi connectivity index (χ2v) is 15.2. The highest BCUT2D eigenvalue weighted by Crippen LogP contribution is 2.76. The number of unbranched alkanes of at least 4 members (excludes halogenated alkanes) is 1. The van der Waals surface area contributed by atoms with E-state index in [1.807, 2.05) is 31.2 Å². The lowest BCUT2D eigenvalue weighted by molar-refractivity contribution is 0.384. The van der Waals surface area contributed by atoms with Gasteiger partial charge in [0.2, 0.25) is 5.82 Å². The highest BCUT2D eigenvalue weighted by molar-refractivity contribution is 7.79. The Morgan fingerprint density at radius 2 is 1.09 bits per heavy atom. The fourth-order valence-corrected chi connectivity index (χ4v) is 13.1. The molecule has 0 aromatic heterocycles. The van der Waals surface area contributed by atoms with Crippen molar-refractivity contribution in [3.05, 3.63) is 130 Å². The average molecular weight is 657 g/mol. The van der Waals surface area contributed by atoms with E-state index in [1.54, 1.807) is 36.4 Å². The molecule has 12 heteroatoms. The van der Waals surface area contributed by atoms with Gasteiger partial charge in [0.15, 0.2) is 46.5 Å². The first-order chi connectivity index (χ1) is 21.1. The fraction of sp³-hybridized carbons (Fsp3) is 0.250. The first-order valence-corrected chi connectivity index (χ1v) is 16.6. The third-order valence-corrected chi connectivity index (χ3v) is 14.2. The van der Waals surface area contributed by atoms with Crippen molar-refractivity contribution in [3.63, 3.8) is 0 Å². The molecule has 1 saturated heterocycles. The lowest BCUT2D eigenvalue weighted by Crippen LogP contribution is -2.34. The molecule has 5 rings (SSSR count). The molecule has 1 nitrogen and oxygen atoms in total. The molecule has 1 aliphatic rings. The normalized spacial score (nSPS) is 17.9. The lowest BCUT2D eigenvalue weighted by atomic mass is 10.0. The number of benzene rings is 4. The molecular formula is C32H26F9NP2. The smallest absolute Gasteiger partial charge is 0.200 e. The van der Waals surface area contributed by atoms with Gasteiger partial charge in [0.25, 0.3) is 0 Å². The van der Waals surface area contributed by atoms with Crippen LogP contribution in [0.15, 0.2) is 66.7 Å². The average Bonchev–Trinajstić information content (AvgIpc) is 3.49. The van der Waals surface area contributed by atoms with Gasteiger partial charge in [-0.2, -0.15) is 0 Å². The number of rotatable bonds is 9. The topological polar surface area (TPSA) is 3.24 Å². The van der Waals surface area contributed by atoms with Crippen LogP contribution < -0.4 is 10.6 Å². The molecule has 4 aromatic rings. The zero-order valence-electron chi connectivity index (χ0n) is 23.3. The Morgan fingerprint density at radius 1 is 0.636 bits per heavy atom. The monoisotopic (exact) mass is 657 g/mol. The summed E-state index contributed by atoms with van der Waals surface area (Å²) in [5.41, 5.74) is 1.03. The number of hydrogen-bond acceptors (Lipinski definition) is 1. The van der Waals surface area contributed by atoms with Gasteiger partial charge in [-0.1, -0.05) is 74.0 Å². The van der Waals surface area contributed by atoms with E-state index >= 15 is 13.2 Å². The van der Waals surface area contributed by atoms with Crippen LogP contribution in [0, 0.1) is 52.4 Å². The van der Waals surface area contributed by atoms with E-state index in [2.05, 4.69) is 0 Å². The maximum absolute atomic E-state index is 15.7. The number of halogens is 9. The van der Waals surface area contributed by atoms with Gasteiger partial charge in [-0.3, -0.25) is 4.44 Å². The summed E-state index contributed by atoms with van der Waals surface area (Å²) in [6, 6.07) is 18.5. The van der Waals surface area contributed by atoms with Crippen molar-refractivity contribution in [2.75, 3.05) is 6.54 Å². The zero-order chi connectivity index (χ0) is 31.7. The fourth-order valence-electron chi connectivity index (χ4n) is 5.58. The molecule has 232 valence electrons. The van der Waals surface area contributed by atoms with Gasteiger partial charge < -0.3 is 0 Å². The van der Waals surface area contributed by atoms with E-state index in [9.17, 15) is 26.3 Å².